The molecule has 1 atom stereocenters. The highest BCUT2D eigenvalue weighted by Gasteiger charge is 2.10. The second kappa shape index (κ2) is 6.89. The Morgan fingerprint density at radius 2 is 2.38 bits per heavy atom. The second-order valence-corrected chi connectivity index (χ2v) is 5.47. The molecule has 1 heterocycles. The molecule has 0 spiro atoms. The van der Waals surface area contributed by atoms with Crippen molar-refractivity contribution < 1.29 is 0 Å². The fraction of sp³-hybridized carbons (Fsp3) is 0.455. The molecular weight excluding hydrogens is 286 g/mol. The van der Waals surface area contributed by atoms with Gasteiger partial charge in [-0.25, -0.2) is 4.98 Å². The zero-order chi connectivity index (χ0) is 12.0. The summed E-state index contributed by atoms with van der Waals surface area (Å²) < 4.78 is 0.973. The predicted molar refractivity (Wildman–Crippen MR) is 70.3 cm³/mol. The number of nitriles is 1. The minimum atomic E-state index is -0.140. The Morgan fingerprint density at radius 3 is 2.94 bits per heavy atom. The predicted octanol–water partition coefficient (Wildman–Crippen LogP) is 2.83. The molecule has 0 bridgehead atoms. The largest absolute Gasteiger partial charge is 0.299 e. The molecule has 0 fully saturated rings. The van der Waals surface area contributed by atoms with Gasteiger partial charge < -0.3 is 0 Å². The first kappa shape index (κ1) is 13.5. The van der Waals surface area contributed by atoms with Crippen molar-refractivity contribution in [2.75, 3.05) is 5.75 Å². The molecule has 0 aliphatic heterocycles. The molecule has 1 aromatic rings. The van der Waals surface area contributed by atoms with Crippen LogP contribution in [0, 0.1) is 11.3 Å². The van der Waals surface area contributed by atoms with E-state index >= 15 is 0 Å². The van der Waals surface area contributed by atoms with Crippen molar-refractivity contribution in [2.45, 2.75) is 31.0 Å². The average Bonchev–Trinajstić information content (AvgIpc) is 2.25. The van der Waals surface area contributed by atoms with Crippen LogP contribution in [-0.4, -0.2) is 22.8 Å². The van der Waals surface area contributed by atoms with Crippen LogP contribution in [-0.2, 0) is 0 Å². The number of hydrogen-bond acceptors (Lipinski definition) is 4. The van der Waals surface area contributed by atoms with Gasteiger partial charge in [0.1, 0.15) is 11.1 Å². The normalized spacial score (nSPS) is 12.4. The monoisotopic (exact) mass is 299 g/mol. The first-order valence-corrected chi connectivity index (χ1v) is 6.80. The summed E-state index contributed by atoms with van der Waals surface area (Å²) in [6.07, 6.45) is 1.75. The average molecular weight is 300 g/mol. The van der Waals surface area contributed by atoms with Crippen LogP contribution in [0.4, 0.5) is 0 Å². The van der Waals surface area contributed by atoms with Crippen LogP contribution in [0.5, 0.6) is 0 Å². The van der Waals surface area contributed by atoms with Gasteiger partial charge in [-0.2, -0.15) is 5.26 Å². The molecule has 0 saturated heterocycles. The summed E-state index contributed by atoms with van der Waals surface area (Å²) >= 11 is 5.01. The summed E-state index contributed by atoms with van der Waals surface area (Å²) in [5.41, 5.74) is 0. The topological polar surface area (TPSA) is 48.7 Å². The highest BCUT2D eigenvalue weighted by Crippen LogP contribution is 2.24. The summed E-state index contributed by atoms with van der Waals surface area (Å²) in [6, 6.07) is 6.25. The molecule has 1 N–H and O–H groups in total. The number of aromatic nitrogens is 1. The highest BCUT2D eigenvalue weighted by molar-refractivity contribution is 9.10. The number of rotatable bonds is 5. The van der Waals surface area contributed by atoms with Crippen LogP contribution < -0.4 is 5.32 Å². The van der Waals surface area contributed by atoms with E-state index in [9.17, 15) is 0 Å². The van der Waals surface area contributed by atoms with E-state index in [-0.39, 0.29) is 6.04 Å². The molecule has 86 valence electrons. The minimum Gasteiger partial charge on any atom is -0.299 e. The van der Waals surface area contributed by atoms with Gasteiger partial charge in [0.05, 0.1) is 6.07 Å². The molecule has 0 saturated carbocycles. The lowest BCUT2D eigenvalue weighted by atomic mass is 10.3. The van der Waals surface area contributed by atoms with Gasteiger partial charge >= 0.3 is 0 Å². The quantitative estimate of drug-likeness (QED) is 0.850. The van der Waals surface area contributed by atoms with Gasteiger partial charge in [0.15, 0.2) is 0 Å². The van der Waals surface area contributed by atoms with Crippen LogP contribution in [0.25, 0.3) is 0 Å². The van der Waals surface area contributed by atoms with Crippen molar-refractivity contribution in [2.24, 2.45) is 0 Å². The molecule has 1 aromatic heterocycles. The van der Waals surface area contributed by atoms with Crippen molar-refractivity contribution in [3.05, 3.63) is 22.8 Å². The summed E-state index contributed by atoms with van der Waals surface area (Å²) in [6.45, 7) is 4.07. The van der Waals surface area contributed by atoms with E-state index in [1.165, 1.54) is 0 Å². The lowest BCUT2D eigenvalue weighted by Gasteiger charge is -2.13. The Morgan fingerprint density at radius 1 is 1.62 bits per heavy atom. The maximum Gasteiger partial charge on any atom is 0.110 e. The highest BCUT2D eigenvalue weighted by atomic mass is 79.9. The lowest BCUT2D eigenvalue weighted by Crippen LogP contribution is -2.35. The maximum atomic E-state index is 8.96. The molecule has 0 radical (unpaired) electrons. The molecular formula is C11H14BrN3S. The maximum absolute atomic E-state index is 8.96. The molecule has 3 nitrogen and oxygen atoms in total. The molecule has 16 heavy (non-hydrogen) atoms. The third-order valence-corrected chi connectivity index (χ3v) is 3.80. The van der Waals surface area contributed by atoms with E-state index in [0.29, 0.717) is 11.8 Å². The van der Waals surface area contributed by atoms with Crippen LogP contribution >= 0.6 is 27.7 Å². The van der Waals surface area contributed by atoms with Gasteiger partial charge in [0.25, 0.3) is 0 Å². The third-order valence-electron chi connectivity index (χ3n) is 1.80. The number of pyridine rings is 1. The number of halogens is 1. The molecule has 0 aliphatic carbocycles. The Hall–Kier alpha value is -0.570. The Balaban J connectivity index is 2.50. The minimum absolute atomic E-state index is 0.140. The first-order chi connectivity index (χ1) is 7.63. The van der Waals surface area contributed by atoms with Crippen LogP contribution in [0.1, 0.15) is 13.8 Å². The smallest absolute Gasteiger partial charge is 0.110 e. The van der Waals surface area contributed by atoms with E-state index in [2.05, 4.69) is 32.3 Å². The Kier molecular flexibility index (Phi) is 5.81. The molecule has 0 amide bonds. The standard InChI is InChI=1S/C11H14BrN3S/c1-8(2)15-9(6-13)7-16-11-10(12)4-3-5-14-11/h3-5,8-9,15H,7H2,1-2H3. The van der Waals surface area contributed by atoms with E-state index < -0.39 is 0 Å². The van der Waals surface area contributed by atoms with Crippen molar-refractivity contribution in [3.8, 4) is 6.07 Å². The fourth-order valence-corrected chi connectivity index (χ4v) is 2.60. The molecule has 0 aliphatic rings. The van der Waals surface area contributed by atoms with Crippen molar-refractivity contribution in [1.82, 2.24) is 10.3 Å². The molecule has 1 unspecified atom stereocenters. The summed E-state index contributed by atoms with van der Waals surface area (Å²) in [4.78, 5) is 4.24. The first-order valence-electron chi connectivity index (χ1n) is 5.02. The van der Waals surface area contributed by atoms with Crippen LogP contribution in [0.3, 0.4) is 0 Å². The van der Waals surface area contributed by atoms with Gasteiger partial charge in [-0.05, 0) is 41.9 Å². The van der Waals surface area contributed by atoms with Crippen molar-refractivity contribution in [1.29, 1.82) is 5.26 Å². The molecule has 1 rings (SSSR count). The van der Waals surface area contributed by atoms with Gasteiger partial charge in [0, 0.05) is 22.5 Å². The Labute approximate surface area is 109 Å². The van der Waals surface area contributed by atoms with Gasteiger partial charge in [-0.15, -0.1) is 11.8 Å². The summed E-state index contributed by atoms with van der Waals surface area (Å²) in [5.74, 6) is 0.699. The summed E-state index contributed by atoms with van der Waals surface area (Å²) in [5, 5.41) is 13.1. The summed E-state index contributed by atoms with van der Waals surface area (Å²) in [7, 11) is 0. The fourth-order valence-electron chi connectivity index (χ4n) is 1.16. The van der Waals surface area contributed by atoms with E-state index in [0.717, 1.165) is 9.50 Å². The lowest BCUT2D eigenvalue weighted by molar-refractivity contribution is 0.560. The number of thioether (sulfide) groups is 1. The van der Waals surface area contributed by atoms with E-state index in [4.69, 9.17) is 5.26 Å². The van der Waals surface area contributed by atoms with Gasteiger partial charge in [-0.3, -0.25) is 5.32 Å². The number of nitrogens with one attached hydrogen (secondary N) is 1. The third kappa shape index (κ3) is 4.52. The zero-order valence-corrected chi connectivity index (χ0v) is 11.7. The van der Waals surface area contributed by atoms with E-state index in [1.807, 2.05) is 26.0 Å². The van der Waals surface area contributed by atoms with Crippen LogP contribution in [0.2, 0.25) is 0 Å². The number of hydrogen-bond donors (Lipinski definition) is 1. The van der Waals surface area contributed by atoms with Crippen molar-refractivity contribution >= 4 is 27.7 Å². The second-order valence-electron chi connectivity index (χ2n) is 3.60. The Bertz CT molecular complexity index is 376. The molecule has 5 heteroatoms. The van der Waals surface area contributed by atoms with E-state index in [1.54, 1.807) is 18.0 Å². The zero-order valence-electron chi connectivity index (χ0n) is 9.27. The molecule has 0 aromatic carbocycles. The van der Waals surface area contributed by atoms with Gasteiger partial charge in [-0.1, -0.05) is 0 Å². The SMILES string of the molecule is CC(C)NC(C#N)CSc1ncccc1Br. The van der Waals surface area contributed by atoms with Crippen LogP contribution in [0.15, 0.2) is 27.8 Å². The van der Waals surface area contributed by atoms with Crippen molar-refractivity contribution in [3.63, 3.8) is 0 Å². The van der Waals surface area contributed by atoms with Gasteiger partial charge in [0.2, 0.25) is 0 Å². The number of nitrogens with zero attached hydrogens (tertiary/aromatic N) is 2.